The number of nitriles is 1. The van der Waals surface area contributed by atoms with Crippen molar-refractivity contribution in [2.24, 2.45) is 0 Å². The van der Waals surface area contributed by atoms with E-state index in [9.17, 15) is 0 Å². The summed E-state index contributed by atoms with van der Waals surface area (Å²) in [7, 11) is 2.07. The standard InChI is InChI=1S/C14H13BrN2S/c1-17(10-13-6-7-14(15)18-13)9-12-5-3-2-4-11(12)8-16/h2-7H,9-10H2,1H3. The quantitative estimate of drug-likeness (QED) is 0.850. The maximum Gasteiger partial charge on any atom is 0.0995 e. The second-order valence-corrected chi connectivity index (χ2v) is 6.69. The third-order valence-electron chi connectivity index (χ3n) is 2.63. The average Bonchev–Trinajstić information content (AvgIpc) is 2.75. The van der Waals surface area contributed by atoms with Gasteiger partial charge in [-0.15, -0.1) is 11.3 Å². The van der Waals surface area contributed by atoms with E-state index in [1.54, 1.807) is 11.3 Å². The number of benzene rings is 1. The summed E-state index contributed by atoms with van der Waals surface area (Å²) in [5, 5.41) is 9.05. The predicted molar refractivity (Wildman–Crippen MR) is 78.3 cm³/mol. The molecule has 0 N–H and O–H groups in total. The van der Waals surface area contributed by atoms with Crippen LogP contribution < -0.4 is 0 Å². The monoisotopic (exact) mass is 320 g/mol. The van der Waals surface area contributed by atoms with E-state index in [0.717, 1.165) is 28.0 Å². The molecule has 18 heavy (non-hydrogen) atoms. The molecule has 0 aliphatic carbocycles. The molecule has 2 aromatic rings. The Balaban J connectivity index is 2.03. The van der Waals surface area contributed by atoms with Gasteiger partial charge in [0, 0.05) is 18.0 Å². The van der Waals surface area contributed by atoms with E-state index in [0.29, 0.717) is 0 Å². The van der Waals surface area contributed by atoms with Crippen LogP contribution in [0.25, 0.3) is 0 Å². The van der Waals surface area contributed by atoms with Gasteiger partial charge in [0.15, 0.2) is 0 Å². The zero-order chi connectivity index (χ0) is 13.0. The fraction of sp³-hybridized carbons (Fsp3) is 0.214. The van der Waals surface area contributed by atoms with Crippen LogP contribution >= 0.6 is 27.3 Å². The van der Waals surface area contributed by atoms with E-state index in [1.165, 1.54) is 4.88 Å². The van der Waals surface area contributed by atoms with Gasteiger partial charge in [0.2, 0.25) is 0 Å². The fourth-order valence-corrected chi connectivity index (χ4v) is 3.38. The van der Waals surface area contributed by atoms with Crippen LogP contribution in [0.15, 0.2) is 40.2 Å². The maximum atomic E-state index is 9.05. The molecule has 2 nitrogen and oxygen atoms in total. The summed E-state index contributed by atoms with van der Waals surface area (Å²) in [6.07, 6.45) is 0. The molecule has 0 atom stereocenters. The van der Waals surface area contributed by atoms with Gasteiger partial charge in [-0.3, -0.25) is 4.90 Å². The second-order valence-electron chi connectivity index (χ2n) is 4.15. The Morgan fingerprint density at radius 1 is 1.22 bits per heavy atom. The van der Waals surface area contributed by atoms with Gasteiger partial charge < -0.3 is 0 Å². The van der Waals surface area contributed by atoms with Gasteiger partial charge in [-0.2, -0.15) is 5.26 Å². The normalized spacial score (nSPS) is 10.6. The number of thiophene rings is 1. The molecule has 1 aromatic carbocycles. The van der Waals surface area contributed by atoms with Crippen LogP contribution in [0.1, 0.15) is 16.0 Å². The molecule has 0 unspecified atom stereocenters. The van der Waals surface area contributed by atoms with Gasteiger partial charge >= 0.3 is 0 Å². The van der Waals surface area contributed by atoms with Crippen molar-refractivity contribution >= 4 is 27.3 Å². The number of hydrogen-bond acceptors (Lipinski definition) is 3. The highest BCUT2D eigenvalue weighted by Gasteiger charge is 2.06. The zero-order valence-corrected chi connectivity index (χ0v) is 12.5. The molecule has 0 bridgehead atoms. The van der Waals surface area contributed by atoms with Gasteiger partial charge in [0.05, 0.1) is 15.4 Å². The van der Waals surface area contributed by atoms with E-state index in [4.69, 9.17) is 5.26 Å². The Labute approximate surface area is 120 Å². The summed E-state index contributed by atoms with van der Waals surface area (Å²) in [6, 6.07) is 14.2. The van der Waals surface area contributed by atoms with Gasteiger partial charge in [-0.25, -0.2) is 0 Å². The first-order valence-corrected chi connectivity index (χ1v) is 7.21. The smallest absolute Gasteiger partial charge is 0.0995 e. The highest BCUT2D eigenvalue weighted by molar-refractivity contribution is 9.11. The average molecular weight is 321 g/mol. The molecule has 0 aliphatic heterocycles. The molecule has 4 heteroatoms. The molecule has 0 radical (unpaired) electrons. The third kappa shape index (κ3) is 3.42. The Bertz CT molecular complexity index is 571. The van der Waals surface area contributed by atoms with E-state index in [1.807, 2.05) is 24.3 Å². The summed E-state index contributed by atoms with van der Waals surface area (Å²) in [4.78, 5) is 3.54. The lowest BCUT2D eigenvalue weighted by Crippen LogP contribution is -2.17. The SMILES string of the molecule is CN(Cc1ccc(Br)s1)Cc1ccccc1C#N. The van der Waals surface area contributed by atoms with Crippen LogP contribution in [0.5, 0.6) is 0 Å². The van der Waals surface area contributed by atoms with E-state index < -0.39 is 0 Å². The topological polar surface area (TPSA) is 27.0 Å². The van der Waals surface area contributed by atoms with Crippen LogP contribution in [-0.4, -0.2) is 11.9 Å². The zero-order valence-electron chi connectivity index (χ0n) is 10.1. The van der Waals surface area contributed by atoms with Crippen molar-refractivity contribution in [3.63, 3.8) is 0 Å². The van der Waals surface area contributed by atoms with Crippen molar-refractivity contribution in [2.75, 3.05) is 7.05 Å². The van der Waals surface area contributed by atoms with Crippen LogP contribution in [0, 0.1) is 11.3 Å². The van der Waals surface area contributed by atoms with Gasteiger partial charge in [-0.1, -0.05) is 18.2 Å². The maximum absolute atomic E-state index is 9.05. The summed E-state index contributed by atoms with van der Waals surface area (Å²) in [6.45, 7) is 1.69. The predicted octanol–water partition coefficient (Wildman–Crippen LogP) is 4.01. The summed E-state index contributed by atoms with van der Waals surface area (Å²) in [5.41, 5.74) is 1.84. The highest BCUT2D eigenvalue weighted by Crippen LogP contribution is 2.23. The lowest BCUT2D eigenvalue weighted by atomic mass is 10.1. The molecule has 1 aromatic heterocycles. The number of halogens is 1. The van der Waals surface area contributed by atoms with E-state index in [-0.39, 0.29) is 0 Å². The largest absolute Gasteiger partial charge is 0.297 e. The Kier molecular flexibility index (Phi) is 4.54. The van der Waals surface area contributed by atoms with Crippen LogP contribution in [-0.2, 0) is 13.1 Å². The highest BCUT2D eigenvalue weighted by atomic mass is 79.9. The Hall–Kier alpha value is -1.15. The lowest BCUT2D eigenvalue weighted by molar-refractivity contribution is 0.321. The molecule has 0 fully saturated rings. The third-order valence-corrected chi connectivity index (χ3v) is 4.24. The molecule has 2 rings (SSSR count). The summed E-state index contributed by atoms with van der Waals surface area (Å²) >= 11 is 5.22. The Morgan fingerprint density at radius 3 is 2.67 bits per heavy atom. The number of rotatable bonds is 4. The molecular weight excluding hydrogens is 308 g/mol. The Morgan fingerprint density at radius 2 is 2.00 bits per heavy atom. The minimum absolute atomic E-state index is 0.761. The second kappa shape index (κ2) is 6.14. The van der Waals surface area contributed by atoms with Gasteiger partial charge in [0.25, 0.3) is 0 Å². The number of hydrogen-bond donors (Lipinski definition) is 0. The molecule has 0 aliphatic rings. The minimum Gasteiger partial charge on any atom is -0.297 e. The molecule has 1 heterocycles. The first kappa shape index (κ1) is 13.3. The van der Waals surface area contributed by atoms with Crippen molar-refractivity contribution in [2.45, 2.75) is 13.1 Å². The van der Waals surface area contributed by atoms with Crippen molar-refractivity contribution in [1.82, 2.24) is 4.90 Å². The summed E-state index contributed by atoms with van der Waals surface area (Å²) < 4.78 is 1.16. The molecule has 0 spiro atoms. The molecular formula is C14H13BrN2S. The number of nitrogens with zero attached hydrogens (tertiary/aromatic N) is 2. The summed E-state index contributed by atoms with van der Waals surface area (Å²) in [5.74, 6) is 0. The van der Waals surface area contributed by atoms with E-state index >= 15 is 0 Å². The first-order chi connectivity index (χ1) is 8.69. The molecule has 0 saturated carbocycles. The van der Waals surface area contributed by atoms with Gasteiger partial charge in [0.1, 0.15) is 0 Å². The van der Waals surface area contributed by atoms with Crippen molar-refractivity contribution in [3.05, 3.63) is 56.2 Å². The molecule has 92 valence electrons. The molecule has 0 saturated heterocycles. The van der Waals surface area contributed by atoms with Gasteiger partial charge in [-0.05, 0) is 46.7 Å². The lowest BCUT2D eigenvalue weighted by Gasteiger charge is -2.16. The van der Waals surface area contributed by atoms with Crippen LogP contribution in [0.3, 0.4) is 0 Å². The minimum atomic E-state index is 0.761. The van der Waals surface area contributed by atoms with Crippen LogP contribution in [0.2, 0.25) is 0 Å². The first-order valence-electron chi connectivity index (χ1n) is 5.60. The van der Waals surface area contributed by atoms with Crippen molar-refractivity contribution in [3.8, 4) is 6.07 Å². The molecule has 0 amide bonds. The fourth-order valence-electron chi connectivity index (χ4n) is 1.82. The van der Waals surface area contributed by atoms with Crippen LogP contribution in [0.4, 0.5) is 0 Å². The van der Waals surface area contributed by atoms with E-state index in [2.05, 4.69) is 46.1 Å². The van der Waals surface area contributed by atoms with Crippen molar-refractivity contribution in [1.29, 1.82) is 5.26 Å². The van der Waals surface area contributed by atoms with Crippen molar-refractivity contribution < 1.29 is 0 Å².